The molecule has 11 heavy (non-hydrogen) atoms. The van der Waals surface area contributed by atoms with Crippen LogP contribution in [0.5, 0.6) is 0 Å². The summed E-state index contributed by atoms with van der Waals surface area (Å²) in [5.41, 5.74) is -0.518. The van der Waals surface area contributed by atoms with E-state index in [-0.39, 0.29) is 0 Å². The van der Waals surface area contributed by atoms with Gasteiger partial charge in [0.25, 0.3) is 0 Å². The second-order valence-electron chi connectivity index (χ2n) is 3.49. The third kappa shape index (κ3) is 2.15. The van der Waals surface area contributed by atoms with Crippen LogP contribution in [0.2, 0.25) is 0 Å². The van der Waals surface area contributed by atoms with Gasteiger partial charge in [0.15, 0.2) is 0 Å². The fourth-order valence-corrected chi connectivity index (χ4v) is 1.83. The fraction of sp³-hybridized carbons (Fsp3) is 1.00. The number of hydrogen-bond acceptors (Lipinski definition) is 3. The van der Waals surface area contributed by atoms with Crippen LogP contribution in [0, 0.1) is 5.92 Å². The Bertz CT molecular complexity index is 121. The summed E-state index contributed by atoms with van der Waals surface area (Å²) < 4.78 is 4.90. The minimum atomic E-state index is -0.518. The highest BCUT2D eigenvalue weighted by molar-refractivity contribution is 4.94. The predicted molar refractivity (Wildman–Crippen MR) is 43.5 cm³/mol. The van der Waals surface area contributed by atoms with Gasteiger partial charge in [0.1, 0.15) is 0 Å². The van der Waals surface area contributed by atoms with E-state index in [0.29, 0.717) is 12.5 Å². The number of methoxy groups -OCH3 is 1. The molecule has 0 unspecified atom stereocenters. The molecule has 0 aromatic carbocycles. The van der Waals surface area contributed by atoms with Crippen molar-refractivity contribution in [2.45, 2.75) is 18.4 Å². The molecule has 3 nitrogen and oxygen atoms in total. The first-order chi connectivity index (χ1) is 5.20. The highest BCUT2D eigenvalue weighted by atomic mass is 16.5. The molecule has 3 heteroatoms. The van der Waals surface area contributed by atoms with Crippen LogP contribution in [0.4, 0.5) is 0 Å². The maximum absolute atomic E-state index is 9.65. The van der Waals surface area contributed by atoms with Gasteiger partial charge in [-0.2, -0.15) is 0 Å². The van der Waals surface area contributed by atoms with Gasteiger partial charge in [-0.1, -0.05) is 0 Å². The lowest BCUT2D eigenvalue weighted by molar-refractivity contribution is -0.114. The monoisotopic (exact) mass is 159 g/mol. The predicted octanol–water partition coefficient (Wildman–Crippen LogP) is -0.00670. The van der Waals surface area contributed by atoms with Gasteiger partial charge in [-0.3, -0.25) is 0 Å². The smallest absolute Gasteiger partial charge is 0.0886 e. The van der Waals surface area contributed by atoms with Crippen LogP contribution in [-0.4, -0.2) is 38.0 Å². The van der Waals surface area contributed by atoms with Crippen molar-refractivity contribution in [3.63, 3.8) is 0 Å². The molecule has 66 valence electrons. The Morgan fingerprint density at radius 2 is 2.27 bits per heavy atom. The minimum absolute atomic E-state index is 0.479. The Balaban J connectivity index is 2.15. The van der Waals surface area contributed by atoms with E-state index in [9.17, 15) is 5.11 Å². The first-order valence-corrected chi connectivity index (χ1v) is 4.06. The van der Waals surface area contributed by atoms with E-state index in [1.165, 1.54) is 0 Å². The molecule has 0 radical (unpaired) electrons. The van der Waals surface area contributed by atoms with Gasteiger partial charge in [0.2, 0.25) is 0 Å². The molecule has 0 aromatic rings. The quantitative estimate of drug-likeness (QED) is 0.606. The zero-order valence-electron chi connectivity index (χ0n) is 7.26. The average Bonchev–Trinajstić information content (AvgIpc) is 1.85. The summed E-state index contributed by atoms with van der Waals surface area (Å²) in [5.74, 6) is 0.639. The van der Waals surface area contributed by atoms with Crippen molar-refractivity contribution in [1.29, 1.82) is 0 Å². The number of ether oxygens (including phenoxy) is 1. The van der Waals surface area contributed by atoms with Crippen molar-refractivity contribution >= 4 is 0 Å². The first kappa shape index (κ1) is 8.97. The second kappa shape index (κ2) is 3.52. The Morgan fingerprint density at radius 3 is 2.73 bits per heavy atom. The minimum Gasteiger partial charge on any atom is -0.387 e. The molecule has 0 bridgehead atoms. The Labute approximate surface area is 67.7 Å². The topological polar surface area (TPSA) is 41.5 Å². The molecule has 1 aliphatic rings. The van der Waals surface area contributed by atoms with Crippen LogP contribution >= 0.6 is 0 Å². The van der Waals surface area contributed by atoms with E-state index in [4.69, 9.17) is 4.74 Å². The Hall–Kier alpha value is -0.120. The van der Waals surface area contributed by atoms with Crippen LogP contribution in [0.25, 0.3) is 0 Å². The van der Waals surface area contributed by atoms with Crippen molar-refractivity contribution in [2.75, 3.05) is 27.3 Å². The van der Waals surface area contributed by atoms with Gasteiger partial charge in [-0.05, 0) is 32.4 Å². The zero-order chi connectivity index (χ0) is 8.32. The Kier molecular flexibility index (Phi) is 2.87. The third-order valence-corrected chi connectivity index (χ3v) is 2.24. The van der Waals surface area contributed by atoms with E-state index in [1.54, 1.807) is 7.11 Å². The summed E-state index contributed by atoms with van der Waals surface area (Å²) in [7, 11) is 3.57. The molecule has 0 aromatic heterocycles. The van der Waals surface area contributed by atoms with Crippen LogP contribution in [0.1, 0.15) is 12.8 Å². The summed E-state index contributed by atoms with van der Waals surface area (Å²) in [6.07, 6.45) is 1.75. The van der Waals surface area contributed by atoms with E-state index < -0.39 is 5.60 Å². The summed E-state index contributed by atoms with van der Waals surface area (Å²) >= 11 is 0. The molecular weight excluding hydrogens is 142 g/mol. The number of hydrogen-bond donors (Lipinski definition) is 2. The Morgan fingerprint density at radius 1 is 1.64 bits per heavy atom. The largest absolute Gasteiger partial charge is 0.387 e. The van der Waals surface area contributed by atoms with Gasteiger partial charge in [0.05, 0.1) is 12.2 Å². The third-order valence-electron chi connectivity index (χ3n) is 2.24. The van der Waals surface area contributed by atoms with E-state index in [0.717, 1.165) is 19.4 Å². The number of rotatable bonds is 4. The van der Waals surface area contributed by atoms with Crippen molar-refractivity contribution in [1.82, 2.24) is 5.32 Å². The van der Waals surface area contributed by atoms with E-state index in [1.807, 2.05) is 7.05 Å². The van der Waals surface area contributed by atoms with Crippen LogP contribution in [-0.2, 0) is 4.74 Å². The molecule has 0 aliphatic heterocycles. The van der Waals surface area contributed by atoms with Gasteiger partial charge in [-0.15, -0.1) is 0 Å². The van der Waals surface area contributed by atoms with Gasteiger partial charge >= 0.3 is 0 Å². The van der Waals surface area contributed by atoms with E-state index >= 15 is 0 Å². The van der Waals surface area contributed by atoms with Crippen molar-refractivity contribution in [2.24, 2.45) is 5.92 Å². The number of nitrogens with one attached hydrogen (secondary N) is 1. The molecule has 0 atom stereocenters. The highest BCUT2D eigenvalue weighted by Crippen LogP contribution is 2.37. The standard InChI is InChI=1S/C8H17NO2/c1-9-5-7-3-8(10,4-7)6-11-2/h7,9-10H,3-6H2,1-2H3. The van der Waals surface area contributed by atoms with E-state index in [2.05, 4.69) is 5.32 Å². The number of aliphatic hydroxyl groups is 1. The molecule has 0 saturated heterocycles. The first-order valence-electron chi connectivity index (χ1n) is 4.06. The lowest BCUT2D eigenvalue weighted by Crippen LogP contribution is -2.50. The van der Waals surface area contributed by atoms with Crippen LogP contribution in [0.3, 0.4) is 0 Å². The molecule has 1 fully saturated rings. The van der Waals surface area contributed by atoms with Crippen molar-refractivity contribution in [3.8, 4) is 0 Å². The normalized spacial score (nSPS) is 36.8. The molecule has 1 saturated carbocycles. The maximum atomic E-state index is 9.65. The molecule has 1 aliphatic carbocycles. The molecule has 1 rings (SSSR count). The summed E-state index contributed by atoms with van der Waals surface area (Å²) in [5, 5.41) is 12.8. The van der Waals surface area contributed by atoms with Crippen LogP contribution in [0.15, 0.2) is 0 Å². The summed E-state index contributed by atoms with van der Waals surface area (Å²) in [4.78, 5) is 0. The summed E-state index contributed by atoms with van der Waals surface area (Å²) in [6.45, 7) is 1.49. The second-order valence-corrected chi connectivity index (χ2v) is 3.49. The van der Waals surface area contributed by atoms with Gasteiger partial charge < -0.3 is 15.2 Å². The SMILES string of the molecule is CNCC1CC(O)(COC)C1. The molecular formula is C8H17NO2. The summed E-state index contributed by atoms with van der Waals surface area (Å²) in [6, 6.07) is 0. The van der Waals surface area contributed by atoms with Gasteiger partial charge in [0, 0.05) is 7.11 Å². The average molecular weight is 159 g/mol. The zero-order valence-corrected chi connectivity index (χ0v) is 7.26. The van der Waals surface area contributed by atoms with Gasteiger partial charge in [-0.25, -0.2) is 0 Å². The lowest BCUT2D eigenvalue weighted by atomic mass is 9.71. The maximum Gasteiger partial charge on any atom is 0.0886 e. The molecule has 0 heterocycles. The molecule has 0 spiro atoms. The highest BCUT2D eigenvalue weighted by Gasteiger charge is 2.41. The van der Waals surface area contributed by atoms with Crippen molar-refractivity contribution < 1.29 is 9.84 Å². The molecule has 0 amide bonds. The van der Waals surface area contributed by atoms with Crippen LogP contribution < -0.4 is 5.32 Å². The lowest BCUT2D eigenvalue weighted by Gasteiger charge is -2.43. The fourth-order valence-electron chi connectivity index (χ4n) is 1.83. The molecule has 2 N–H and O–H groups in total. The van der Waals surface area contributed by atoms with Crippen molar-refractivity contribution in [3.05, 3.63) is 0 Å².